The van der Waals surface area contributed by atoms with E-state index in [1.807, 2.05) is 20.1 Å². The number of nitrogens with one attached hydrogen (secondary N) is 3. The lowest BCUT2D eigenvalue weighted by Crippen LogP contribution is -2.64. The molecule has 36 nitrogen and oxygen atoms in total. The van der Waals surface area contributed by atoms with Gasteiger partial charge in [-0.15, -0.1) is 0 Å². The number of hydrogen-bond donors (Lipinski definition) is 5. The number of esters is 4. The Morgan fingerprint density at radius 3 is 2.04 bits per heavy atom. The van der Waals surface area contributed by atoms with Crippen LogP contribution in [0.25, 0.3) is 22.3 Å². The Bertz CT molecular complexity index is 4150. The lowest BCUT2D eigenvalue weighted by molar-refractivity contribution is -0.282. The lowest BCUT2D eigenvalue weighted by Gasteiger charge is -2.43. The van der Waals surface area contributed by atoms with Gasteiger partial charge in [0, 0.05) is 63.6 Å². The van der Waals surface area contributed by atoms with Crippen LogP contribution in [0.15, 0.2) is 48.3 Å². The first-order valence-electron chi connectivity index (χ1n) is 33.3. The third kappa shape index (κ3) is 18.1. The summed E-state index contributed by atoms with van der Waals surface area (Å²) < 4.78 is 135. The van der Waals surface area contributed by atoms with E-state index in [0.29, 0.717) is 43.5 Å². The van der Waals surface area contributed by atoms with E-state index in [9.17, 15) is 52.6 Å². The molecule has 5 aliphatic rings. The topological polar surface area (TPSA) is 462 Å². The van der Waals surface area contributed by atoms with Crippen molar-refractivity contribution in [3.8, 4) is 5.75 Å². The number of imidazole rings is 2. The second-order valence-corrected chi connectivity index (χ2v) is 31.5. The number of ether oxygens (including phenoxy) is 8. The molecule has 0 spiro atoms. The fraction of sp³-hybridized carbons (Fsp3) is 0.613. The molecule has 6 unspecified atom stereocenters. The zero-order chi connectivity index (χ0) is 74.9. The molecule has 9 heterocycles. The van der Waals surface area contributed by atoms with Crippen LogP contribution >= 0.6 is 37.8 Å². The number of carbonyl (C=O) groups is 8. The first-order chi connectivity index (χ1) is 49.6. The summed E-state index contributed by atoms with van der Waals surface area (Å²) in [5, 5.41) is 5.64. The Morgan fingerprint density at radius 2 is 1.38 bits per heavy atom. The van der Waals surface area contributed by atoms with Crippen molar-refractivity contribution < 1.29 is 117 Å². The van der Waals surface area contributed by atoms with Gasteiger partial charge in [0.05, 0.1) is 50.9 Å². The maximum Gasteiger partial charge on any atom is 0.472 e. The molecule has 5 aliphatic heterocycles. The number of unbranched alkanes of at least 4 members (excludes halogenated alkanes) is 4. The molecule has 568 valence electrons. The van der Waals surface area contributed by atoms with E-state index in [1.165, 1.54) is 23.1 Å². The predicted octanol–water partition coefficient (Wildman–Crippen LogP) is 5.52. The van der Waals surface area contributed by atoms with E-state index >= 15 is 13.3 Å². The summed E-state index contributed by atoms with van der Waals surface area (Å²) in [6, 6.07) is 3.98. The molecular formula is C62H80F2N12O24P2S2. The number of phosphoric ester groups is 1. The number of benzene rings is 1. The van der Waals surface area contributed by atoms with Crippen LogP contribution in [-0.4, -0.2) is 208 Å². The normalized spacial score (nSPS) is 28.8. The van der Waals surface area contributed by atoms with E-state index in [1.54, 1.807) is 11.8 Å². The average molecular weight is 1540 g/mol. The molecule has 10 rings (SSSR count). The van der Waals surface area contributed by atoms with Crippen LogP contribution in [0.4, 0.5) is 20.3 Å². The summed E-state index contributed by atoms with van der Waals surface area (Å²) in [5.41, 5.74) is 4.95. The quantitative estimate of drug-likeness (QED) is 0.0135. The van der Waals surface area contributed by atoms with Gasteiger partial charge >= 0.3 is 38.5 Å². The van der Waals surface area contributed by atoms with Crippen molar-refractivity contribution in [2.24, 2.45) is 5.92 Å². The third-order valence-corrected chi connectivity index (χ3v) is 24.4. The van der Waals surface area contributed by atoms with Gasteiger partial charge in [0.15, 0.2) is 65.7 Å². The van der Waals surface area contributed by atoms with Gasteiger partial charge < -0.3 is 64.1 Å². The number of hydrogen-bond acceptors (Lipinski definition) is 31. The van der Waals surface area contributed by atoms with E-state index in [-0.39, 0.29) is 112 Å². The SMILES string of the molecule is CCC(CC)(SC)C1CC(=O)N(CCCCCC(=O)NCCCCCC(=O)Nc2cc(CSP3(=O)OC[C@H]4O[C@@H](n5cnc6c(=O)[nH]cnc65)[C@H](F)[C@@H]4OP(=O)(O)OC[C@H]4O[C@@H](n5cnc6c(N)ncnc65)[C@H](F)[C@@H]4O3)ccc2O[C@@H]2OC(C(=O)OC)[C@@H](OC(C)=O)C(OC(C)=O)C2OC(C)=O)C1=O. The molecular weight excluding hydrogens is 1460 g/mol. The Labute approximate surface area is 600 Å². The van der Waals surface area contributed by atoms with Gasteiger partial charge in [-0.25, -0.2) is 47.6 Å². The average Bonchev–Trinajstić information content (AvgIpc) is 1.55. The van der Waals surface area contributed by atoms with Gasteiger partial charge in [-0.3, -0.25) is 70.5 Å². The van der Waals surface area contributed by atoms with Gasteiger partial charge in [-0.2, -0.15) is 11.8 Å². The van der Waals surface area contributed by atoms with Crippen molar-refractivity contribution >= 4 is 119 Å². The highest BCUT2D eigenvalue weighted by molar-refractivity contribution is 8.54. The number of H-pyrrole nitrogens is 1. The van der Waals surface area contributed by atoms with Crippen molar-refractivity contribution in [2.75, 3.05) is 50.7 Å². The number of rotatable bonds is 28. The largest absolute Gasteiger partial charge is 0.472 e. The number of methoxy groups -OCH3 is 1. The lowest BCUT2D eigenvalue weighted by atomic mass is 9.85. The summed E-state index contributed by atoms with van der Waals surface area (Å²) in [6.07, 6.45) is -14.2. The minimum atomic E-state index is -5.40. The Hall–Kier alpha value is -7.62. The van der Waals surface area contributed by atoms with Crippen LogP contribution in [0.5, 0.6) is 5.75 Å². The molecule has 5 fully saturated rings. The number of carbonyl (C=O) groups excluding carboxylic acids is 8. The summed E-state index contributed by atoms with van der Waals surface area (Å²) in [6.45, 7) is 0.586. The number of imide groups is 1. The number of alkyl halides is 2. The summed E-state index contributed by atoms with van der Waals surface area (Å²) in [5.74, 6) is -6.39. The van der Waals surface area contributed by atoms with Crippen LogP contribution in [0.1, 0.15) is 123 Å². The van der Waals surface area contributed by atoms with Gasteiger partial charge in [0.1, 0.15) is 42.0 Å². The van der Waals surface area contributed by atoms with Gasteiger partial charge in [0.25, 0.3) is 5.56 Å². The fourth-order valence-electron chi connectivity index (χ4n) is 12.9. The zero-order valence-corrected chi connectivity index (χ0v) is 60.8. The second-order valence-electron chi connectivity index (χ2n) is 24.8. The Morgan fingerprint density at radius 1 is 0.769 bits per heavy atom. The van der Waals surface area contributed by atoms with E-state index in [2.05, 4.69) is 40.5 Å². The van der Waals surface area contributed by atoms with Crippen LogP contribution < -0.4 is 26.7 Å². The molecule has 0 saturated carbocycles. The standard InChI is InChI=1S/C62H80F2N12O24P2S2/c1-8-62(9-2,103-7)35-23-42(82)74(57(35)84)21-15-11-13-16-40(80)66-20-14-10-12-17-41(81)73-36-22-34(18-19-37(36)97-61-52(94-33(5)79)50(93-32(4)78)49(92-31(3)77)51(98-61)60(85)89-6)26-104-102(88)91-25-39-47(43(63)58(96-39)76-30-72-46-55(76)69-28-70-56(46)83)99-101(86,87)90-24-38-48(100-102)44(64)59(95-38)75-29-71-45-53(65)67-27-68-54(45)75/h18-19,22,27-30,35,38-39,43-44,47-52,58-59,61H,8-17,20-21,23-26H2,1-7H3,(H,66,80)(H,73,81)(H,86,87)(H2,65,67,68)(H,69,70,83)/t35?,38-,39-,43-,44-,47-,48-,49+,50?,51?,52?,58-,59-,61-,102?/m1/s1. The van der Waals surface area contributed by atoms with Gasteiger partial charge in [-0.05, 0) is 73.9 Å². The van der Waals surface area contributed by atoms with Crippen molar-refractivity contribution in [2.45, 2.75) is 196 Å². The van der Waals surface area contributed by atoms with Gasteiger partial charge in [-0.1, -0.05) is 32.8 Å². The number of anilines is 2. The Balaban J connectivity index is 0.879. The summed E-state index contributed by atoms with van der Waals surface area (Å²) >= 11 is 2.05. The molecule has 5 aromatic rings. The van der Waals surface area contributed by atoms with Gasteiger partial charge in [0.2, 0.25) is 36.0 Å². The highest BCUT2D eigenvalue weighted by Gasteiger charge is 2.58. The molecule has 4 aromatic heterocycles. The molecule has 0 bridgehead atoms. The van der Waals surface area contributed by atoms with Crippen LogP contribution in [0.3, 0.4) is 0 Å². The molecule has 16 atom stereocenters. The number of nitrogens with zero attached hydrogens (tertiary/aromatic N) is 8. The summed E-state index contributed by atoms with van der Waals surface area (Å²) in [4.78, 5) is 152. The number of aromatic nitrogens is 8. The molecule has 4 amide bonds. The smallest absolute Gasteiger partial charge is 0.467 e. The first-order valence-corrected chi connectivity index (χ1v) is 39.1. The molecule has 104 heavy (non-hydrogen) atoms. The van der Waals surface area contributed by atoms with E-state index in [0.717, 1.165) is 75.2 Å². The van der Waals surface area contributed by atoms with Crippen molar-refractivity contribution in [1.82, 2.24) is 49.3 Å². The number of aromatic amines is 1. The highest BCUT2D eigenvalue weighted by atomic mass is 32.7. The molecule has 5 saturated heterocycles. The summed E-state index contributed by atoms with van der Waals surface area (Å²) in [7, 11) is -4.41. The van der Waals surface area contributed by atoms with Crippen molar-refractivity contribution in [3.05, 3.63) is 59.4 Å². The minimum absolute atomic E-state index is 0.0244. The first kappa shape index (κ1) is 79.0. The maximum atomic E-state index is 17.4. The number of halogens is 2. The van der Waals surface area contributed by atoms with Crippen LogP contribution in [-0.2, 0) is 104 Å². The minimum Gasteiger partial charge on any atom is -0.467 e. The maximum absolute atomic E-state index is 17.4. The van der Waals surface area contributed by atoms with Crippen molar-refractivity contribution in [1.29, 1.82) is 0 Å². The predicted molar refractivity (Wildman–Crippen MR) is 361 cm³/mol. The van der Waals surface area contributed by atoms with Crippen molar-refractivity contribution in [3.63, 3.8) is 0 Å². The molecule has 0 radical (unpaired) electrons. The highest BCUT2D eigenvalue weighted by Crippen LogP contribution is 2.65. The van der Waals surface area contributed by atoms with Crippen LogP contribution in [0, 0.1) is 5.92 Å². The monoisotopic (exact) mass is 1540 g/mol. The zero-order valence-electron chi connectivity index (χ0n) is 57.4. The molecule has 42 heteroatoms. The number of nitrogen functional groups attached to an aromatic ring is 1. The number of amides is 4. The fourth-order valence-corrected chi connectivity index (χ4v) is 18.3. The third-order valence-electron chi connectivity index (χ3n) is 18.1. The number of nitrogens with two attached hydrogens (primary N) is 1. The molecule has 6 N–H and O–H groups in total. The number of phosphoric acid groups is 1. The van der Waals surface area contributed by atoms with Crippen LogP contribution in [0.2, 0.25) is 0 Å². The number of fused-ring (bicyclic) bond motifs is 4. The Kier molecular flexibility index (Phi) is 26.0. The van der Waals surface area contributed by atoms with E-state index in [4.69, 9.17) is 61.7 Å². The number of likely N-dealkylation sites (tertiary alicyclic amines) is 1. The molecule has 0 aliphatic carbocycles. The number of thioether (sulfide) groups is 1. The molecule has 1 aromatic carbocycles. The van der Waals surface area contributed by atoms with E-state index < -0.39 is 149 Å². The second kappa shape index (κ2) is 34.3.